The molecule has 0 aliphatic rings. The minimum absolute atomic E-state index is 0.228. The maximum Gasteiger partial charge on any atom is 0.0738 e. The van der Waals surface area contributed by atoms with E-state index < -0.39 is 0 Å². The van der Waals surface area contributed by atoms with Gasteiger partial charge in [0.2, 0.25) is 0 Å². The van der Waals surface area contributed by atoms with Gasteiger partial charge in [-0.3, -0.25) is 4.68 Å². The standard InChI is InChI=1S/C14H26BrN3/c1-7-18-12(13(15)11(4)17-18)8-14(5,6)9-16-10(2)3/h10,16H,7-9H2,1-6H3. The molecule has 0 radical (unpaired) electrons. The molecule has 0 aliphatic heterocycles. The largest absolute Gasteiger partial charge is 0.314 e. The Kier molecular flexibility index (Phi) is 5.41. The number of hydrogen-bond donors (Lipinski definition) is 1. The molecule has 0 amide bonds. The molecule has 0 atom stereocenters. The van der Waals surface area contributed by atoms with E-state index in [9.17, 15) is 0 Å². The van der Waals surface area contributed by atoms with Gasteiger partial charge in [-0.05, 0) is 41.6 Å². The van der Waals surface area contributed by atoms with Crippen molar-refractivity contribution < 1.29 is 0 Å². The lowest BCUT2D eigenvalue weighted by Gasteiger charge is -2.27. The summed E-state index contributed by atoms with van der Waals surface area (Å²) in [5.74, 6) is 0. The Labute approximate surface area is 119 Å². The van der Waals surface area contributed by atoms with E-state index in [-0.39, 0.29) is 5.41 Å². The molecular formula is C14H26BrN3. The second-order valence-corrected chi connectivity index (χ2v) is 6.83. The van der Waals surface area contributed by atoms with Gasteiger partial charge in [0.05, 0.1) is 15.9 Å². The number of hydrogen-bond acceptors (Lipinski definition) is 2. The quantitative estimate of drug-likeness (QED) is 0.870. The van der Waals surface area contributed by atoms with Gasteiger partial charge >= 0.3 is 0 Å². The van der Waals surface area contributed by atoms with Crippen molar-refractivity contribution in [2.24, 2.45) is 5.41 Å². The Bertz CT molecular complexity index is 394. The molecule has 0 saturated carbocycles. The summed E-state index contributed by atoms with van der Waals surface area (Å²) in [6.07, 6.45) is 1.03. The zero-order chi connectivity index (χ0) is 13.9. The molecule has 1 rings (SSSR count). The van der Waals surface area contributed by atoms with Crippen molar-refractivity contribution in [1.29, 1.82) is 0 Å². The van der Waals surface area contributed by atoms with Crippen LogP contribution < -0.4 is 5.32 Å². The van der Waals surface area contributed by atoms with Gasteiger partial charge in [-0.15, -0.1) is 0 Å². The van der Waals surface area contributed by atoms with Crippen molar-refractivity contribution in [3.05, 3.63) is 15.9 Å². The van der Waals surface area contributed by atoms with Gasteiger partial charge in [-0.25, -0.2) is 0 Å². The zero-order valence-corrected chi connectivity index (χ0v) is 14.1. The third-order valence-electron chi connectivity index (χ3n) is 3.09. The molecule has 0 saturated heterocycles. The van der Waals surface area contributed by atoms with E-state index in [1.54, 1.807) is 0 Å². The van der Waals surface area contributed by atoms with Gasteiger partial charge in [-0.1, -0.05) is 27.7 Å². The first-order valence-corrected chi connectivity index (χ1v) is 7.51. The van der Waals surface area contributed by atoms with Crippen molar-refractivity contribution in [1.82, 2.24) is 15.1 Å². The molecule has 0 spiro atoms. The Hall–Kier alpha value is -0.350. The first kappa shape index (κ1) is 15.7. The summed E-state index contributed by atoms with van der Waals surface area (Å²) in [5.41, 5.74) is 2.62. The van der Waals surface area contributed by atoms with E-state index in [4.69, 9.17) is 0 Å². The van der Waals surface area contributed by atoms with Crippen LogP contribution in [0.3, 0.4) is 0 Å². The Morgan fingerprint density at radius 3 is 2.50 bits per heavy atom. The van der Waals surface area contributed by atoms with E-state index in [0.29, 0.717) is 6.04 Å². The molecule has 1 N–H and O–H groups in total. The van der Waals surface area contributed by atoms with Crippen LogP contribution in [-0.4, -0.2) is 22.4 Å². The molecule has 0 fully saturated rings. The molecule has 0 unspecified atom stereocenters. The fraction of sp³-hybridized carbons (Fsp3) is 0.786. The number of nitrogens with zero attached hydrogens (tertiary/aromatic N) is 2. The summed E-state index contributed by atoms with van der Waals surface area (Å²) in [5, 5.41) is 8.08. The van der Waals surface area contributed by atoms with Crippen LogP contribution in [0.2, 0.25) is 0 Å². The van der Waals surface area contributed by atoms with Crippen molar-refractivity contribution in [3.8, 4) is 0 Å². The third-order valence-corrected chi connectivity index (χ3v) is 4.12. The molecule has 18 heavy (non-hydrogen) atoms. The van der Waals surface area contributed by atoms with E-state index >= 15 is 0 Å². The van der Waals surface area contributed by atoms with E-state index in [1.807, 2.05) is 0 Å². The fourth-order valence-electron chi connectivity index (χ4n) is 2.03. The lowest BCUT2D eigenvalue weighted by Crippen LogP contribution is -2.35. The highest BCUT2D eigenvalue weighted by Crippen LogP contribution is 2.28. The molecule has 0 aliphatic carbocycles. The lowest BCUT2D eigenvalue weighted by molar-refractivity contribution is 0.316. The molecule has 4 heteroatoms. The smallest absolute Gasteiger partial charge is 0.0738 e. The lowest BCUT2D eigenvalue weighted by atomic mass is 9.87. The van der Waals surface area contributed by atoms with Crippen LogP contribution in [0.25, 0.3) is 0 Å². The third kappa shape index (κ3) is 4.09. The van der Waals surface area contributed by atoms with Crippen LogP contribution in [0.1, 0.15) is 46.0 Å². The number of aromatic nitrogens is 2. The molecule has 3 nitrogen and oxygen atoms in total. The highest BCUT2D eigenvalue weighted by atomic mass is 79.9. The molecule has 104 valence electrons. The highest BCUT2D eigenvalue weighted by molar-refractivity contribution is 9.10. The molecule has 0 bridgehead atoms. The molecule has 1 aromatic heterocycles. The van der Waals surface area contributed by atoms with Crippen LogP contribution in [0.5, 0.6) is 0 Å². The molecule has 0 aromatic carbocycles. The average Bonchev–Trinajstić information content (AvgIpc) is 2.54. The minimum Gasteiger partial charge on any atom is -0.314 e. The highest BCUT2D eigenvalue weighted by Gasteiger charge is 2.23. The molecular weight excluding hydrogens is 290 g/mol. The van der Waals surface area contributed by atoms with E-state index in [1.165, 1.54) is 10.2 Å². The van der Waals surface area contributed by atoms with Crippen molar-refractivity contribution in [2.75, 3.05) is 6.54 Å². The number of halogens is 1. The fourth-order valence-corrected chi connectivity index (χ4v) is 2.46. The number of nitrogens with one attached hydrogen (secondary N) is 1. The number of aryl methyl sites for hydroxylation is 2. The van der Waals surface area contributed by atoms with Gasteiger partial charge < -0.3 is 5.32 Å². The van der Waals surface area contributed by atoms with Crippen LogP contribution in [0.4, 0.5) is 0 Å². The Morgan fingerprint density at radius 2 is 2.00 bits per heavy atom. The topological polar surface area (TPSA) is 29.9 Å². The maximum absolute atomic E-state index is 4.56. The predicted octanol–water partition coefficient (Wildman–Crippen LogP) is 3.54. The normalized spacial score (nSPS) is 12.4. The summed E-state index contributed by atoms with van der Waals surface area (Å²) < 4.78 is 3.28. The van der Waals surface area contributed by atoms with Crippen LogP contribution in [0.15, 0.2) is 4.47 Å². The first-order valence-electron chi connectivity index (χ1n) is 6.72. The van der Waals surface area contributed by atoms with Crippen molar-refractivity contribution >= 4 is 15.9 Å². The summed E-state index contributed by atoms with van der Waals surface area (Å²) >= 11 is 3.67. The van der Waals surface area contributed by atoms with Gasteiger partial charge in [0.25, 0.3) is 0 Å². The Balaban J connectivity index is 2.82. The summed E-state index contributed by atoms with van der Waals surface area (Å²) in [6.45, 7) is 15.1. The second kappa shape index (κ2) is 6.20. The first-order chi connectivity index (χ1) is 8.26. The SMILES string of the molecule is CCn1nc(C)c(Br)c1CC(C)(C)CNC(C)C. The molecule has 1 heterocycles. The van der Waals surface area contributed by atoms with Gasteiger partial charge in [-0.2, -0.15) is 5.10 Å². The summed E-state index contributed by atoms with van der Waals surface area (Å²) in [7, 11) is 0. The van der Waals surface area contributed by atoms with Crippen molar-refractivity contribution in [3.63, 3.8) is 0 Å². The molecule has 1 aromatic rings. The number of rotatable bonds is 6. The summed E-state index contributed by atoms with van der Waals surface area (Å²) in [6, 6.07) is 0.533. The van der Waals surface area contributed by atoms with Crippen LogP contribution in [0, 0.1) is 12.3 Å². The van der Waals surface area contributed by atoms with Gasteiger partial charge in [0, 0.05) is 19.1 Å². The van der Waals surface area contributed by atoms with Gasteiger partial charge in [0.15, 0.2) is 0 Å². The monoisotopic (exact) mass is 315 g/mol. The minimum atomic E-state index is 0.228. The Morgan fingerprint density at radius 1 is 1.39 bits per heavy atom. The van der Waals surface area contributed by atoms with E-state index in [0.717, 1.165) is 25.2 Å². The second-order valence-electron chi connectivity index (χ2n) is 6.04. The summed E-state index contributed by atoms with van der Waals surface area (Å²) in [4.78, 5) is 0. The van der Waals surface area contributed by atoms with Gasteiger partial charge in [0.1, 0.15) is 0 Å². The van der Waals surface area contributed by atoms with E-state index in [2.05, 4.69) is 72.6 Å². The van der Waals surface area contributed by atoms with Crippen molar-refractivity contribution in [2.45, 2.75) is 60.5 Å². The average molecular weight is 316 g/mol. The maximum atomic E-state index is 4.56. The zero-order valence-electron chi connectivity index (χ0n) is 12.5. The van der Waals surface area contributed by atoms with Crippen LogP contribution in [-0.2, 0) is 13.0 Å². The van der Waals surface area contributed by atoms with Crippen LogP contribution >= 0.6 is 15.9 Å². The predicted molar refractivity (Wildman–Crippen MR) is 81.0 cm³/mol.